The number of benzene rings is 1. The number of carbonyl (C=O) groups excluding carboxylic acids is 1. The fourth-order valence-electron chi connectivity index (χ4n) is 3.66. The summed E-state index contributed by atoms with van der Waals surface area (Å²) in [5.41, 5.74) is 0.908. The van der Waals surface area contributed by atoms with Crippen LogP contribution in [0.25, 0.3) is 0 Å². The summed E-state index contributed by atoms with van der Waals surface area (Å²) in [7, 11) is -3.71. The fourth-order valence-corrected chi connectivity index (χ4v) is 4.43. The molecule has 0 saturated heterocycles. The zero-order valence-electron chi connectivity index (χ0n) is 14.6. The van der Waals surface area contributed by atoms with Crippen molar-refractivity contribution in [2.45, 2.75) is 53.0 Å². The van der Waals surface area contributed by atoms with Crippen molar-refractivity contribution in [3.05, 3.63) is 29.3 Å². The van der Waals surface area contributed by atoms with E-state index < -0.39 is 15.4 Å². The molecule has 0 radical (unpaired) electrons. The van der Waals surface area contributed by atoms with Crippen LogP contribution in [0.2, 0.25) is 0 Å². The summed E-state index contributed by atoms with van der Waals surface area (Å²) in [6, 6.07) is 4.91. The van der Waals surface area contributed by atoms with Crippen LogP contribution in [-0.4, -0.2) is 14.3 Å². The molecule has 1 aliphatic carbocycles. The molecule has 0 aromatic heterocycles. The Kier molecular flexibility index (Phi) is 3.94. The molecule has 0 spiro atoms. The summed E-state index contributed by atoms with van der Waals surface area (Å²) in [5.74, 6) is 0.0284. The molecule has 0 bridgehead atoms. The van der Waals surface area contributed by atoms with E-state index >= 15 is 0 Å². The Bertz CT molecular complexity index is 750. The van der Waals surface area contributed by atoms with Gasteiger partial charge in [0.05, 0.1) is 10.3 Å². The van der Waals surface area contributed by atoms with Crippen LogP contribution in [-0.2, 0) is 21.4 Å². The minimum atomic E-state index is -3.71. The van der Waals surface area contributed by atoms with E-state index in [9.17, 15) is 13.2 Å². The molecule has 2 rings (SSSR count). The van der Waals surface area contributed by atoms with Gasteiger partial charge in [0, 0.05) is 6.54 Å². The van der Waals surface area contributed by atoms with Gasteiger partial charge in [-0.1, -0.05) is 39.8 Å². The van der Waals surface area contributed by atoms with Crippen molar-refractivity contribution >= 4 is 15.9 Å². The highest BCUT2D eigenvalue weighted by Crippen LogP contribution is 2.77. The zero-order chi connectivity index (χ0) is 17.8. The predicted molar refractivity (Wildman–Crippen MR) is 90.1 cm³/mol. The second kappa shape index (κ2) is 5.05. The lowest BCUT2D eigenvalue weighted by Crippen LogP contribution is -2.33. The molecule has 6 heteroatoms. The first-order valence-electron chi connectivity index (χ1n) is 7.67. The molecule has 1 aromatic carbocycles. The van der Waals surface area contributed by atoms with Crippen LogP contribution in [0.1, 0.15) is 45.7 Å². The van der Waals surface area contributed by atoms with Crippen molar-refractivity contribution in [2.24, 2.45) is 21.4 Å². The number of nitrogens with one attached hydrogen (secondary N) is 1. The van der Waals surface area contributed by atoms with Crippen molar-refractivity contribution in [3.8, 4) is 0 Å². The Morgan fingerprint density at radius 1 is 1.13 bits per heavy atom. The summed E-state index contributed by atoms with van der Waals surface area (Å²) in [5, 5.41) is 8.14. The number of aryl methyl sites for hydroxylation is 1. The molecule has 0 unspecified atom stereocenters. The molecule has 0 atom stereocenters. The van der Waals surface area contributed by atoms with Crippen LogP contribution in [0.4, 0.5) is 0 Å². The monoisotopic (exact) mass is 338 g/mol. The first-order chi connectivity index (χ1) is 10.3. The molecule has 0 aliphatic heterocycles. The van der Waals surface area contributed by atoms with Gasteiger partial charge in [-0.3, -0.25) is 4.79 Å². The second-order valence-corrected chi connectivity index (χ2v) is 9.23. The SMILES string of the molecule is Cc1cc(CNC(=O)C2(C)C(C)(C)C2(C)C)ccc1S(N)(=O)=O. The largest absolute Gasteiger partial charge is 0.352 e. The van der Waals surface area contributed by atoms with E-state index in [4.69, 9.17) is 5.14 Å². The highest BCUT2D eigenvalue weighted by molar-refractivity contribution is 7.89. The van der Waals surface area contributed by atoms with Gasteiger partial charge in [-0.2, -0.15) is 0 Å². The van der Waals surface area contributed by atoms with E-state index in [0.29, 0.717) is 12.1 Å². The van der Waals surface area contributed by atoms with Crippen LogP contribution in [0, 0.1) is 23.2 Å². The van der Waals surface area contributed by atoms with Gasteiger partial charge in [-0.05, 0) is 41.9 Å². The molecule has 1 fully saturated rings. The summed E-state index contributed by atoms with van der Waals surface area (Å²) in [4.78, 5) is 12.7. The van der Waals surface area contributed by atoms with Crippen LogP contribution >= 0.6 is 0 Å². The molecular formula is C17H26N2O3S. The fraction of sp³-hybridized carbons (Fsp3) is 0.588. The Morgan fingerprint density at radius 2 is 1.65 bits per heavy atom. The number of rotatable bonds is 4. The lowest BCUT2D eigenvalue weighted by molar-refractivity contribution is -0.127. The van der Waals surface area contributed by atoms with Gasteiger partial charge in [-0.25, -0.2) is 13.6 Å². The van der Waals surface area contributed by atoms with Gasteiger partial charge in [0.1, 0.15) is 0 Å². The molecule has 23 heavy (non-hydrogen) atoms. The van der Waals surface area contributed by atoms with E-state index in [1.54, 1.807) is 19.1 Å². The van der Waals surface area contributed by atoms with E-state index in [1.807, 2.05) is 6.92 Å². The van der Waals surface area contributed by atoms with Crippen LogP contribution in [0.5, 0.6) is 0 Å². The van der Waals surface area contributed by atoms with Crippen LogP contribution < -0.4 is 10.5 Å². The third-order valence-corrected chi connectivity index (χ3v) is 7.52. The van der Waals surface area contributed by atoms with Crippen molar-refractivity contribution < 1.29 is 13.2 Å². The van der Waals surface area contributed by atoms with Crippen LogP contribution in [0.15, 0.2) is 23.1 Å². The average molecular weight is 338 g/mol. The summed E-state index contributed by atoms with van der Waals surface area (Å²) in [6.07, 6.45) is 0. The minimum Gasteiger partial charge on any atom is -0.352 e. The molecular weight excluding hydrogens is 312 g/mol. The van der Waals surface area contributed by atoms with Crippen molar-refractivity contribution in [3.63, 3.8) is 0 Å². The van der Waals surface area contributed by atoms with Gasteiger partial charge in [0.15, 0.2) is 0 Å². The van der Waals surface area contributed by atoms with Crippen molar-refractivity contribution in [2.75, 3.05) is 0 Å². The standard InChI is InChI=1S/C17H26N2O3S/c1-11-9-12(7-8-13(11)23(18,21)22)10-19-14(20)17(6)15(2,3)16(17,4)5/h7-9H,10H2,1-6H3,(H,19,20)(H2,18,21,22). The van der Waals surface area contributed by atoms with E-state index in [-0.39, 0.29) is 21.6 Å². The Labute approximate surface area is 138 Å². The smallest absolute Gasteiger partial charge is 0.238 e. The number of sulfonamides is 1. The topological polar surface area (TPSA) is 89.3 Å². The molecule has 1 aliphatic rings. The van der Waals surface area contributed by atoms with Gasteiger partial charge in [0.25, 0.3) is 0 Å². The Balaban J connectivity index is 2.11. The normalized spacial score (nSPS) is 20.8. The first kappa shape index (κ1) is 17.9. The number of amides is 1. The van der Waals surface area contributed by atoms with Crippen molar-refractivity contribution in [1.29, 1.82) is 0 Å². The molecule has 128 valence electrons. The molecule has 3 N–H and O–H groups in total. The van der Waals surface area contributed by atoms with E-state index in [1.165, 1.54) is 6.07 Å². The Hall–Kier alpha value is -1.40. The minimum absolute atomic E-state index is 0.0284. The quantitative estimate of drug-likeness (QED) is 0.883. The van der Waals surface area contributed by atoms with Gasteiger partial charge in [0.2, 0.25) is 15.9 Å². The van der Waals surface area contributed by atoms with Crippen molar-refractivity contribution in [1.82, 2.24) is 5.32 Å². The van der Waals surface area contributed by atoms with E-state index in [0.717, 1.165) is 5.56 Å². The maximum absolute atomic E-state index is 12.6. The molecule has 1 amide bonds. The summed E-state index contributed by atoms with van der Waals surface area (Å²) < 4.78 is 22.8. The van der Waals surface area contributed by atoms with E-state index in [2.05, 4.69) is 33.0 Å². The third kappa shape index (κ3) is 2.48. The predicted octanol–water partition coefficient (Wildman–Crippen LogP) is 2.33. The first-order valence-corrected chi connectivity index (χ1v) is 9.22. The highest BCUT2D eigenvalue weighted by Gasteiger charge is 2.77. The maximum atomic E-state index is 12.6. The number of primary sulfonamides is 1. The molecule has 1 saturated carbocycles. The number of hydrogen-bond donors (Lipinski definition) is 2. The summed E-state index contributed by atoms with van der Waals surface area (Å²) >= 11 is 0. The number of carbonyl (C=O) groups is 1. The number of nitrogens with two attached hydrogens (primary N) is 1. The third-order valence-electron chi connectivity index (χ3n) is 6.45. The molecule has 5 nitrogen and oxygen atoms in total. The van der Waals surface area contributed by atoms with Crippen LogP contribution in [0.3, 0.4) is 0 Å². The molecule has 0 heterocycles. The summed E-state index contributed by atoms with van der Waals surface area (Å²) in [6.45, 7) is 12.5. The maximum Gasteiger partial charge on any atom is 0.238 e. The number of hydrogen-bond acceptors (Lipinski definition) is 3. The van der Waals surface area contributed by atoms with Gasteiger partial charge in [-0.15, -0.1) is 0 Å². The lowest BCUT2D eigenvalue weighted by Gasteiger charge is -2.16. The average Bonchev–Trinajstić information content (AvgIpc) is 2.72. The highest BCUT2D eigenvalue weighted by atomic mass is 32.2. The second-order valence-electron chi connectivity index (χ2n) is 7.70. The lowest BCUT2D eigenvalue weighted by atomic mass is 9.96. The van der Waals surface area contributed by atoms with Gasteiger partial charge < -0.3 is 5.32 Å². The Morgan fingerprint density at radius 3 is 2.04 bits per heavy atom. The van der Waals surface area contributed by atoms with Gasteiger partial charge >= 0.3 is 0 Å². The zero-order valence-corrected chi connectivity index (χ0v) is 15.5. The molecule has 1 aromatic rings.